The maximum atomic E-state index is 3.82. The summed E-state index contributed by atoms with van der Waals surface area (Å²) in [7, 11) is 4.36. The Balaban J connectivity index is 4.60. The van der Waals surface area contributed by atoms with Crippen LogP contribution in [0.1, 0.15) is 46.5 Å². The lowest BCUT2D eigenvalue weighted by Crippen LogP contribution is -2.56. The molecule has 0 amide bonds. The summed E-state index contributed by atoms with van der Waals surface area (Å²) in [6, 6.07) is 0.547. The SMILES string of the molecule is C=CCCC(NCCC)C(C)(CC)N(C)C. The van der Waals surface area contributed by atoms with Crippen LogP contribution in [0.25, 0.3) is 0 Å². The highest BCUT2D eigenvalue weighted by atomic mass is 15.2. The quantitative estimate of drug-likeness (QED) is 0.608. The molecule has 0 saturated carbocycles. The predicted molar refractivity (Wildman–Crippen MR) is 73.9 cm³/mol. The third-order valence-corrected chi connectivity index (χ3v) is 3.79. The van der Waals surface area contributed by atoms with E-state index in [1.165, 1.54) is 19.3 Å². The van der Waals surface area contributed by atoms with Crippen molar-refractivity contribution >= 4 is 0 Å². The third kappa shape index (κ3) is 4.26. The van der Waals surface area contributed by atoms with E-state index < -0.39 is 0 Å². The zero-order valence-electron chi connectivity index (χ0n) is 11.8. The van der Waals surface area contributed by atoms with Crippen molar-refractivity contribution in [3.63, 3.8) is 0 Å². The molecule has 0 aromatic carbocycles. The molecule has 0 aliphatic heterocycles. The van der Waals surface area contributed by atoms with Crippen molar-refractivity contribution in [3.05, 3.63) is 12.7 Å². The first kappa shape index (κ1) is 15.7. The molecule has 0 aromatic heterocycles. The summed E-state index contributed by atoms with van der Waals surface area (Å²) in [5.41, 5.74) is 0.234. The average Bonchev–Trinajstić information content (AvgIpc) is 2.28. The molecular weight excluding hydrogens is 196 g/mol. The van der Waals surface area contributed by atoms with E-state index in [1.807, 2.05) is 6.08 Å². The zero-order valence-corrected chi connectivity index (χ0v) is 11.8. The van der Waals surface area contributed by atoms with Crippen LogP contribution in [-0.4, -0.2) is 37.1 Å². The van der Waals surface area contributed by atoms with Gasteiger partial charge in [0, 0.05) is 11.6 Å². The molecule has 0 radical (unpaired) electrons. The molecule has 0 aromatic rings. The molecule has 2 atom stereocenters. The molecule has 2 nitrogen and oxygen atoms in total. The fourth-order valence-electron chi connectivity index (χ4n) is 2.11. The van der Waals surface area contributed by atoms with Gasteiger partial charge in [-0.05, 0) is 53.2 Å². The van der Waals surface area contributed by atoms with Gasteiger partial charge in [0.1, 0.15) is 0 Å². The van der Waals surface area contributed by atoms with Crippen LogP contribution >= 0.6 is 0 Å². The van der Waals surface area contributed by atoms with Crippen LogP contribution in [0, 0.1) is 0 Å². The minimum atomic E-state index is 0.234. The fourth-order valence-corrected chi connectivity index (χ4v) is 2.11. The van der Waals surface area contributed by atoms with Crippen molar-refractivity contribution in [2.24, 2.45) is 0 Å². The van der Waals surface area contributed by atoms with Crippen LogP contribution in [0.3, 0.4) is 0 Å². The number of hydrogen-bond acceptors (Lipinski definition) is 2. The third-order valence-electron chi connectivity index (χ3n) is 3.79. The molecule has 0 bridgehead atoms. The van der Waals surface area contributed by atoms with E-state index in [2.05, 4.69) is 51.7 Å². The van der Waals surface area contributed by atoms with Crippen LogP contribution in [-0.2, 0) is 0 Å². The van der Waals surface area contributed by atoms with Crippen LogP contribution in [0.2, 0.25) is 0 Å². The van der Waals surface area contributed by atoms with E-state index >= 15 is 0 Å². The largest absolute Gasteiger partial charge is 0.312 e. The smallest absolute Gasteiger partial charge is 0.0325 e. The molecule has 16 heavy (non-hydrogen) atoms. The Hall–Kier alpha value is -0.340. The lowest BCUT2D eigenvalue weighted by molar-refractivity contribution is 0.108. The van der Waals surface area contributed by atoms with Crippen molar-refractivity contribution in [1.29, 1.82) is 0 Å². The first-order chi connectivity index (χ1) is 7.52. The van der Waals surface area contributed by atoms with Gasteiger partial charge in [0.15, 0.2) is 0 Å². The molecule has 0 rings (SSSR count). The van der Waals surface area contributed by atoms with Gasteiger partial charge in [0.2, 0.25) is 0 Å². The highest BCUT2D eigenvalue weighted by Crippen LogP contribution is 2.24. The molecule has 96 valence electrons. The van der Waals surface area contributed by atoms with Gasteiger partial charge in [0.25, 0.3) is 0 Å². The monoisotopic (exact) mass is 226 g/mol. The van der Waals surface area contributed by atoms with Gasteiger partial charge in [-0.2, -0.15) is 0 Å². The first-order valence-corrected chi connectivity index (χ1v) is 6.54. The molecule has 0 aliphatic rings. The Kier molecular flexibility index (Phi) is 7.69. The summed E-state index contributed by atoms with van der Waals surface area (Å²) < 4.78 is 0. The molecule has 2 heteroatoms. The van der Waals surface area contributed by atoms with Crippen LogP contribution in [0.5, 0.6) is 0 Å². The summed E-state index contributed by atoms with van der Waals surface area (Å²) in [6.07, 6.45) is 6.64. The van der Waals surface area contributed by atoms with Crippen LogP contribution < -0.4 is 5.32 Å². The second kappa shape index (κ2) is 7.86. The Labute approximate surface area is 102 Å². The lowest BCUT2D eigenvalue weighted by Gasteiger charge is -2.43. The van der Waals surface area contributed by atoms with E-state index in [0.717, 1.165) is 13.0 Å². The van der Waals surface area contributed by atoms with Crippen molar-refractivity contribution in [3.8, 4) is 0 Å². The van der Waals surface area contributed by atoms with Crippen LogP contribution in [0.15, 0.2) is 12.7 Å². The van der Waals surface area contributed by atoms with Gasteiger partial charge < -0.3 is 10.2 Å². The van der Waals surface area contributed by atoms with Gasteiger partial charge >= 0.3 is 0 Å². The molecular formula is C14H30N2. The van der Waals surface area contributed by atoms with Gasteiger partial charge in [0.05, 0.1) is 0 Å². The molecule has 2 unspecified atom stereocenters. The predicted octanol–water partition coefficient (Wildman–Crippen LogP) is 3.05. The Bertz CT molecular complexity index is 189. The topological polar surface area (TPSA) is 15.3 Å². The highest BCUT2D eigenvalue weighted by Gasteiger charge is 2.33. The van der Waals surface area contributed by atoms with Gasteiger partial charge in [-0.15, -0.1) is 6.58 Å². The fraction of sp³-hybridized carbons (Fsp3) is 0.857. The maximum Gasteiger partial charge on any atom is 0.0325 e. The molecule has 0 spiro atoms. The number of nitrogens with zero attached hydrogens (tertiary/aromatic N) is 1. The number of allylic oxidation sites excluding steroid dienone is 1. The van der Waals surface area contributed by atoms with E-state index in [-0.39, 0.29) is 5.54 Å². The molecule has 0 saturated heterocycles. The van der Waals surface area contributed by atoms with Crippen molar-refractivity contribution in [2.75, 3.05) is 20.6 Å². The minimum Gasteiger partial charge on any atom is -0.312 e. The molecule has 0 aliphatic carbocycles. The second-order valence-electron chi connectivity index (χ2n) is 4.98. The molecule has 1 N–H and O–H groups in total. The van der Waals surface area contributed by atoms with Crippen LogP contribution in [0.4, 0.5) is 0 Å². The molecule has 0 heterocycles. The lowest BCUT2D eigenvalue weighted by atomic mass is 9.85. The van der Waals surface area contributed by atoms with Crippen molar-refractivity contribution < 1.29 is 0 Å². The summed E-state index contributed by atoms with van der Waals surface area (Å²) in [5.74, 6) is 0. The number of likely N-dealkylation sites (N-methyl/N-ethyl adjacent to an activating group) is 1. The number of rotatable bonds is 9. The summed E-state index contributed by atoms with van der Waals surface area (Å²) in [6.45, 7) is 11.8. The molecule has 0 fully saturated rings. The summed E-state index contributed by atoms with van der Waals surface area (Å²) >= 11 is 0. The summed E-state index contributed by atoms with van der Waals surface area (Å²) in [4.78, 5) is 2.35. The highest BCUT2D eigenvalue weighted by molar-refractivity contribution is 4.95. The van der Waals surface area contributed by atoms with Crippen molar-refractivity contribution in [1.82, 2.24) is 10.2 Å². The number of hydrogen-bond donors (Lipinski definition) is 1. The van der Waals surface area contributed by atoms with Gasteiger partial charge in [-0.25, -0.2) is 0 Å². The Morgan fingerprint density at radius 1 is 1.38 bits per heavy atom. The van der Waals surface area contributed by atoms with E-state index in [0.29, 0.717) is 6.04 Å². The van der Waals surface area contributed by atoms with Crippen molar-refractivity contribution in [2.45, 2.75) is 58.0 Å². The first-order valence-electron chi connectivity index (χ1n) is 6.54. The second-order valence-corrected chi connectivity index (χ2v) is 4.98. The summed E-state index contributed by atoms with van der Waals surface area (Å²) in [5, 5.41) is 3.69. The Morgan fingerprint density at radius 3 is 2.38 bits per heavy atom. The minimum absolute atomic E-state index is 0.234. The standard InChI is InChI=1S/C14H30N2/c1-7-10-11-13(15-12-8-2)14(4,9-3)16(5)6/h7,13,15H,1,8-12H2,2-6H3. The number of nitrogens with one attached hydrogen (secondary N) is 1. The average molecular weight is 226 g/mol. The maximum absolute atomic E-state index is 3.82. The Morgan fingerprint density at radius 2 is 2.00 bits per heavy atom. The van der Waals surface area contributed by atoms with Gasteiger partial charge in [-0.3, -0.25) is 0 Å². The van der Waals surface area contributed by atoms with Gasteiger partial charge in [-0.1, -0.05) is 19.9 Å². The normalized spacial score (nSPS) is 17.1. The van der Waals surface area contributed by atoms with E-state index in [9.17, 15) is 0 Å². The van der Waals surface area contributed by atoms with E-state index in [1.54, 1.807) is 0 Å². The van der Waals surface area contributed by atoms with E-state index in [4.69, 9.17) is 0 Å². The zero-order chi connectivity index (χ0) is 12.6.